The summed E-state index contributed by atoms with van der Waals surface area (Å²) < 4.78 is 5.57. The van der Waals surface area contributed by atoms with Crippen LogP contribution in [0.5, 0.6) is 5.75 Å². The molecular weight excluding hydrogens is 316 g/mol. The molecule has 25 heavy (non-hydrogen) atoms. The highest BCUT2D eigenvalue weighted by Gasteiger charge is 2.52. The number of carbonyl (C=O) groups excluding carboxylic acids is 1. The van der Waals surface area contributed by atoms with Crippen LogP contribution in [0.2, 0.25) is 0 Å². The van der Waals surface area contributed by atoms with Gasteiger partial charge in [-0.2, -0.15) is 0 Å². The van der Waals surface area contributed by atoms with E-state index < -0.39 is 17.3 Å². The van der Waals surface area contributed by atoms with Crippen molar-refractivity contribution in [3.8, 4) is 5.75 Å². The molecule has 138 valence electrons. The van der Waals surface area contributed by atoms with E-state index in [9.17, 15) is 14.7 Å². The lowest BCUT2D eigenvalue weighted by Gasteiger charge is -2.49. The third-order valence-corrected chi connectivity index (χ3v) is 5.95. The number of benzene rings is 1. The van der Waals surface area contributed by atoms with E-state index in [4.69, 9.17) is 4.74 Å². The van der Waals surface area contributed by atoms with Gasteiger partial charge >= 0.3 is 5.97 Å². The van der Waals surface area contributed by atoms with Crippen LogP contribution >= 0.6 is 0 Å². The lowest BCUT2D eigenvalue weighted by molar-refractivity contribution is -0.152. The maximum absolute atomic E-state index is 12.2. The number of hydrogen-bond donors (Lipinski definition) is 1. The molecule has 0 aromatic heterocycles. The number of hydrogen-bond acceptors (Lipinski definition) is 3. The van der Waals surface area contributed by atoms with Gasteiger partial charge < -0.3 is 9.84 Å². The molecule has 2 rings (SSSR count). The number of aliphatic carboxylic acids is 1. The third-order valence-electron chi connectivity index (χ3n) is 5.95. The minimum atomic E-state index is -0.795. The van der Waals surface area contributed by atoms with E-state index in [0.717, 1.165) is 42.4 Å². The summed E-state index contributed by atoms with van der Waals surface area (Å²) in [5, 5.41) is 9.98. The van der Waals surface area contributed by atoms with E-state index in [1.165, 1.54) is 0 Å². The second-order valence-electron chi connectivity index (χ2n) is 8.48. The van der Waals surface area contributed by atoms with Crippen molar-refractivity contribution in [3.63, 3.8) is 0 Å². The van der Waals surface area contributed by atoms with Crippen LogP contribution in [0, 0.1) is 11.3 Å². The Morgan fingerprint density at radius 2 is 1.92 bits per heavy atom. The van der Waals surface area contributed by atoms with Gasteiger partial charge in [0.15, 0.2) is 0 Å². The zero-order chi connectivity index (χ0) is 19.0. The molecular formula is C21H30O4. The molecule has 1 aliphatic rings. The second kappa shape index (κ2) is 6.81. The van der Waals surface area contributed by atoms with Gasteiger partial charge in [-0.25, -0.2) is 0 Å². The van der Waals surface area contributed by atoms with Crippen molar-refractivity contribution in [2.24, 2.45) is 11.3 Å². The van der Waals surface area contributed by atoms with E-state index in [0.29, 0.717) is 5.56 Å². The summed E-state index contributed by atoms with van der Waals surface area (Å²) in [6.07, 6.45) is 3.42. The lowest BCUT2D eigenvalue weighted by atomic mass is 9.53. The van der Waals surface area contributed by atoms with Crippen LogP contribution in [-0.4, -0.2) is 24.5 Å². The Labute approximate surface area is 150 Å². The van der Waals surface area contributed by atoms with Gasteiger partial charge in [0.25, 0.3) is 0 Å². The van der Waals surface area contributed by atoms with Gasteiger partial charge in [-0.1, -0.05) is 41.0 Å². The van der Waals surface area contributed by atoms with Crippen molar-refractivity contribution in [3.05, 3.63) is 28.8 Å². The number of ether oxygens (including phenoxy) is 1. The molecule has 0 heterocycles. The Hall–Kier alpha value is -1.84. The third kappa shape index (κ3) is 3.31. The molecule has 1 fully saturated rings. The fraction of sp³-hybridized carbons (Fsp3) is 0.619. The largest absolute Gasteiger partial charge is 0.496 e. The molecule has 0 unspecified atom stereocenters. The topological polar surface area (TPSA) is 63.6 Å². The van der Waals surface area contributed by atoms with Gasteiger partial charge in [-0.05, 0) is 47.4 Å². The first-order valence-electron chi connectivity index (χ1n) is 8.99. The smallest absolute Gasteiger partial charge is 0.307 e. The van der Waals surface area contributed by atoms with E-state index in [1.807, 2.05) is 32.9 Å². The fourth-order valence-corrected chi connectivity index (χ4v) is 4.79. The standard InChI is InChI=1S/C21H30O4/c1-13(2)15-10-14(12-22)16(11-17(15)25-6)21(5)9-7-8-20(3,4)18(21)19(23)24/h10-13,18H,7-9H2,1-6H3,(H,23,24)/t18-,21+/m0/s1. The first-order valence-corrected chi connectivity index (χ1v) is 8.99. The number of carboxylic acids is 1. The highest BCUT2D eigenvalue weighted by atomic mass is 16.5. The normalized spacial score (nSPS) is 25.6. The van der Waals surface area contributed by atoms with Crippen molar-refractivity contribution < 1.29 is 19.4 Å². The predicted molar refractivity (Wildman–Crippen MR) is 98.6 cm³/mol. The van der Waals surface area contributed by atoms with Gasteiger partial charge in [0, 0.05) is 11.0 Å². The van der Waals surface area contributed by atoms with Crippen molar-refractivity contribution in [2.75, 3.05) is 7.11 Å². The molecule has 1 saturated carbocycles. The van der Waals surface area contributed by atoms with Crippen molar-refractivity contribution >= 4 is 12.3 Å². The van der Waals surface area contributed by atoms with Gasteiger partial charge in [-0.3, -0.25) is 9.59 Å². The first kappa shape index (κ1) is 19.5. The van der Waals surface area contributed by atoms with Crippen LogP contribution in [-0.2, 0) is 10.2 Å². The maximum atomic E-state index is 12.2. The van der Waals surface area contributed by atoms with Crippen LogP contribution in [0.3, 0.4) is 0 Å². The molecule has 1 aromatic rings. The predicted octanol–water partition coefficient (Wildman–Crippen LogP) is 4.80. The number of carboxylic acid groups (broad SMARTS) is 1. The first-order chi connectivity index (χ1) is 11.6. The average molecular weight is 346 g/mol. The molecule has 4 nitrogen and oxygen atoms in total. The molecule has 0 bridgehead atoms. The van der Waals surface area contributed by atoms with E-state index >= 15 is 0 Å². The van der Waals surface area contributed by atoms with Crippen molar-refractivity contribution in [2.45, 2.75) is 65.2 Å². The molecule has 0 amide bonds. The summed E-state index contributed by atoms with van der Waals surface area (Å²) in [6, 6.07) is 3.77. The highest BCUT2D eigenvalue weighted by molar-refractivity contribution is 5.81. The molecule has 0 saturated heterocycles. The maximum Gasteiger partial charge on any atom is 0.307 e. The SMILES string of the molecule is COc1cc([C@@]2(C)CCCC(C)(C)[C@@H]2C(=O)O)c(C=O)cc1C(C)C. The minimum Gasteiger partial charge on any atom is -0.496 e. The van der Waals surface area contributed by atoms with Gasteiger partial charge in [0.1, 0.15) is 12.0 Å². The Kier molecular flexibility index (Phi) is 5.31. The Balaban J connectivity index is 2.73. The molecule has 1 aliphatic carbocycles. The van der Waals surface area contributed by atoms with Crippen molar-refractivity contribution in [1.82, 2.24) is 0 Å². The minimum absolute atomic E-state index is 0.216. The van der Waals surface area contributed by atoms with E-state index in [1.54, 1.807) is 7.11 Å². The van der Waals surface area contributed by atoms with Crippen LogP contribution in [0.1, 0.15) is 81.3 Å². The fourth-order valence-electron chi connectivity index (χ4n) is 4.79. The summed E-state index contributed by atoms with van der Waals surface area (Å²) in [5.41, 5.74) is 1.41. The van der Waals surface area contributed by atoms with Gasteiger partial charge in [0.2, 0.25) is 0 Å². The Morgan fingerprint density at radius 1 is 1.28 bits per heavy atom. The average Bonchev–Trinajstić information content (AvgIpc) is 2.51. The summed E-state index contributed by atoms with van der Waals surface area (Å²) in [5.74, 6) is -0.407. The van der Waals surface area contributed by atoms with Gasteiger partial charge in [0.05, 0.1) is 13.0 Å². The molecule has 0 aliphatic heterocycles. The molecule has 0 spiro atoms. The number of carbonyl (C=O) groups is 2. The summed E-state index contributed by atoms with van der Waals surface area (Å²) >= 11 is 0. The van der Waals surface area contributed by atoms with Crippen LogP contribution < -0.4 is 4.74 Å². The summed E-state index contributed by atoms with van der Waals surface area (Å²) in [7, 11) is 1.62. The Morgan fingerprint density at radius 3 is 2.40 bits per heavy atom. The van der Waals surface area contributed by atoms with Crippen LogP contribution in [0.25, 0.3) is 0 Å². The molecule has 2 atom stereocenters. The van der Waals surface area contributed by atoms with Crippen LogP contribution in [0.15, 0.2) is 12.1 Å². The number of rotatable bonds is 5. The van der Waals surface area contributed by atoms with E-state index in [-0.39, 0.29) is 11.3 Å². The van der Waals surface area contributed by atoms with Gasteiger partial charge in [-0.15, -0.1) is 0 Å². The summed E-state index contributed by atoms with van der Waals surface area (Å²) in [4.78, 5) is 24.0. The molecule has 1 aromatic carbocycles. The van der Waals surface area contributed by atoms with E-state index in [2.05, 4.69) is 13.8 Å². The lowest BCUT2D eigenvalue weighted by Crippen LogP contribution is -2.49. The molecule has 4 heteroatoms. The second-order valence-corrected chi connectivity index (χ2v) is 8.48. The zero-order valence-corrected chi connectivity index (χ0v) is 16.2. The number of methoxy groups -OCH3 is 1. The quantitative estimate of drug-likeness (QED) is 0.778. The highest BCUT2D eigenvalue weighted by Crippen LogP contribution is 2.53. The number of aldehydes is 1. The zero-order valence-electron chi connectivity index (χ0n) is 16.2. The Bertz CT molecular complexity index is 675. The van der Waals surface area contributed by atoms with Crippen LogP contribution in [0.4, 0.5) is 0 Å². The molecule has 1 N–H and O–H groups in total. The summed E-state index contributed by atoms with van der Waals surface area (Å²) in [6.45, 7) is 10.1. The van der Waals surface area contributed by atoms with Crippen molar-refractivity contribution in [1.29, 1.82) is 0 Å². The monoisotopic (exact) mass is 346 g/mol. The molecule has 0 radical (unpaired) electrons.